The van der Waals surface area contributed by atoms with Gasteiger partial charge in [-0.25, -0.2) is 0 Å². The highest BCUT2D eigenvalue weighted by atomic mass is 16.5. The van der Waals surface area contributed by atoms with Crippen molar-refractivity contribution in [1.29, 1.82) is 0 Å². The number of nitrogens with zero attached hydrogens (tertiary/aromatic N) is 1. The van der Waals surface area contributed by atoms with Crippen LogP contribution in [0, 0.1) is 0 Å². The Morgan fingerprint density at radius 3 is 3.08 bits per heavy atom. The summed E-state index contributed by atoms with van der Waals surface area (Å²) in [6, 6.07) is 0. The summed E-state index contributed by atoms with van der Waals surface area (Å²) >= 11 is 0. The second-order valence-electron chi connectivity index (χ2n) is 3.27. The minimum atomic E-state index is 0.343. The summed E-state index contributed by atoms with van der Waals surface area (Å²) < 4.78 is 5.70. The molecule has 1 fully saturated rings. The standard InChI is InChI=1S/C10H18N2O/c1-9(5-7-11-2)13-10-4-3-6-12-8-10/h5,7,10,12H,3-4,6,8H2,1-2H3/b9-5+,11-7?. The normalized spacial score (nSPS) is 25.1. The molecule has 0 aromatic carbocycles. The first-order valence-corrected chi connectivity index (χ1v) is 4.79. The van der Waals surface area contributed by atoms with E-state index < -0.39 is 0 Å². The third-order valence-electron chi connectivity index (χ3n) is 2.06. The van der Waals surface area contributed by atoms with Gasteiger partial charge in [0.15, 0.2) is 0 Å². The minimum absolute atomic E-state index is 0.343. The van der Waals surface area contributed by atoms with Gasteiger partial charge in [-0.2, -0.15) is 0 Å². The molecule has 74 valence electrons. The van der Waals surface area contributed by atoms with Crippen LogP contribution in [0.3, 0.4) is 0 Å². The number of allylic oxidation sites excluding steroid dienone is 2. The Hall–Kier alpha value is -0.830. The molecule has 13 heavy (non-hydrogen) atoms. The molecule has 1 aliphatic heterocycles. The zero-order chi connectivity index (χ0) is 9.52. The van der Waals surface area contributed by atoms with Crippen molar-refractivity contribution < 1.29 is 4.74 Å². The maximum Gasteiger partial charge on any atom is 0.111 e. The molecule has 1 heterocycles. The number of aliphatic imine (C=N–C) groups is 1. The highest BCUT2D eigenvalue weighted by Gasteiger charge is 2.13. The Morgan fingerprint density at radius 1 is 1.62 bits per heavy atom. The van der Waals surface area contributed by atoms with Gasteiger partial charge in [0.25, 0.3) is 0 Å². The summed E-state index contributed by atoms with van der Waals surface area (Å²) in [7, 11) is 1.76. The van der Waals surface area contributed by atoms with E-state index in [1.54, 1.807) is 13.3 Å². The van der Waals surface area contributed by atoms with Crippen LogP contribution in [0.15, 0.2) is 16.8 Å². The summed E-state index contributed by atoms with van der Waals surface area (Å²) in [6.07, 6.45) is 6.36. The van der Waals surface area contributed by atoms with E-state index >= 15 is 0 Å². The predicted molar refractivity (Wildman–Crippen MR) is 55.1 cm³/mol. The van der Waals surface area contributed by atoms with E-state index in [0.717, 1.165) is 25.3 Å². The van der Waals surface area contributed by atoms with Gasteiger partial charge in [-0.1, -0.05) is 0 Å². The summed E-state index contributed by atoms with van der Waals surface area (Å²) in [5, 5.41) is 3.31. The van der Waals surface area contributed by atoms with Crippen molar-refractivity contribution in [3.05, 3.63) is 11.8 Å². The Labute approximate surface area is 79.9 Å². The number of hydrogen-bond acceptors (Lipinski definition) is 3. The molecular formula is C10H18N2O. The van der Waals surface area contributed by atoms with Gasteiger partial charge < -0.3 is 10.1 Å². The van der Waals surface area contributed by atoms with E-state index in [9.17, 15) is 0 Å². The summed E-state index contributed by atoms with van der Waals surface area (Å²) in [6.45, 7) is 4.06. The van der Waals surface area contributed by atoms with E-state index in [4.69, 9.17) is 4.74 Å². The molecular weight excluding hydrogens is 164 g/mol. The van der Waals surface area contributed by atoms with Gasteiger partial charge in [-0.15, -0.1) is 0 Å². The smallest absolute Gasteiger partial charge is 0.111 e. The Morgan fingerprint density at radius 2 is 2.46 bits per heavy atom. The number of hydrogen-bond donors (Lipinski definition) is 1. The Balaban J connectivity index is 2.29. The summed E-state index contributed by atoms with van der Waals surface area (Å²) in [5.41, 5.74) is 0. The van der Waals surface area contributed by atoms with E-state index in [2.05, 4.69) is 10.3 Å². The second-order valence-corrected chi connectivity index (χ2v) is 3.27. The lowest BCUT2D eigenvalue weighted by molar-refractivity contribution is 0.0942. The van der Waals surface area contributed by atoms with Crippen LogP contribution in [0.25, 0.3) is 0 Å². The van der Waals surface area contributed by atoms with Crippen LogP contribution in [0.5, 0.6) is 0 Å². The van der Waals surface area contributed by atoms with Crippen molar-refractivity contribution in [2.75, 3.05) is 20.1 Å². The van der Waals surface area contributed by atoms with Crippen LogP contribution in [0.2, 0.25) is 0 Å². The van der Waals surface area contributed by atoms with Crippen molar-refractivity contribution in [2.24, 2.45) is 4.99 Å². The van der Waals surface area contributed by atoms with Crippen LogP contribution >= 0.6 is 0 Å². The fourth-order valence-corrected chi connectivity index (χ4v) is 1.40. The van der Waals surface area contributed by atoms with Crippen molar-refractivity contribution >= 4 is 6.21 Å². The first-order chi connectivity index (χ1) is 6.33. The Bertz CT molecular complexity index is 193. The fraction of sp³-hybridized carbons (Fsp3) is 0.700. The molecule has 1 unspecified atom stereocenters. The molecule has 3 heteroatoms. The first kappa shape index (κ1) is 10.3. The molecule has 1 atom stereocenters. The molecule has 1 N–H and O–H groups in total. The maximum atomic E-state index is 5.70. The lowest BCUT2D eigenvalue weighted by Crippen LogP contribution is -2.34. The zero-order valence-electron chi connectivity index (χ0n) is 8.42. The van der Waals surface area contributed by atoms with Gasteiger partial charge in [0.1, 0.15) is 6.10 Å². The zero-order valence-corrected chi connectivity index (χ0v) is 8.42. The highest BCUT2D eigenvalue weighted by molar-refractivity contribution is 5.71. The minimum Gasteiger partial charge on any atom is -0.494 e. The molecule has 0 aromatic rings. The molecule has 1 rings (SSSR count). The van der Waals surface area contributed by atoms with Crippen LogP contribution in [-0.4, -0.2) is 32.5 Å². The monoisotopic (exact) mass is 182 g/mol. The van der Waals surface area contributed by atoms with Gasteiger partial charge in [0.05, 0.1) is 5.76 Å². The number of nitrogens with one attached hydrogen (secondary N) is 1. The van der Waals surface area contributed by atoms with Crippen molar-refractivity contribution in [3.8, 4) is 0 Å². The number of rotatable bonds is 3. The van der Waals surface area contributed by atoms with Crippen molar-refractivity contribution in [1.82, 2.24) is 5.32 Å². The largest absolute Gasteiger partial charge is 0.494 e. The SMILES string of the molecule is CN=C/C=C(\C)OC1CCCNC1. The van der Waals surface area contributed by atoms with Crippen molar-refractivity contribution in [2.45, 2.75) is 25.9 Å². The molecule has 0 aliphatic carbocycles. The lowest BCUT2D eigenvalue weighted by atomic mass is 10.1. The molecule has 1 aliphatic rings. The van der Waals surface area contributed by atoms with E-state index in [-0.39, 0.29) is 0 Å². The molecule has 0 amide bonds. The van der Waals surface area contributed by atoms with Crippen LogP contribution < -0.4 is 5.32 Å². The number of piperidine rings is 1. The average Bonchev–Trinajstić information content (AvgIpc) is 2.16. The fourth-order valence-electron chi connectivity index (χ4n) is 1.40. The van der Waals surface area contributed by atoms with E-state index in [0.29, 0.717) is 6.10 Å². The average molecular weight is 182 g/mol. The molecule has 0 saturated carbocycles. The summed E-state index contributed by atoms with van der Waals surface area (Å²) in [5.74, 6) is 0.944. The van der Waals surface area contributed by atoms with Crippen LogP contribution in [0.1, 0.15) is 19.8 Å². The quantitative estimate of drug-likeness (QED) is 0.528. The molecule has 0 aromatic heterocycles. The van der Waals surface area contributed by atoms with Gasteiger partial charge in [0, 0.05) is 19.8 Å². The first-order valence-electron chi connectivity index (χ1n) is 4.79. The Kier molecular flexibility index (Phi) is 4.54. The van der Waals surface area contributed by atoms with Crippen LogP contribution in [-0.2, 0) is 4.74 Å². The molecule has 3 nitrogen and oxygen atoms in total. The third kappa shape index (κ3) is 4.08. The lowest BCUT2D eigenvalue weighted by Gasteiger charge is -2.24. The van der Waals surface area contributed by atoms with Crippen LogP contribution in [0.4, 0.5) is 0 Å². The molecule has 1 saturated heterocycles. The van der Waals surface area contributed by atoms with E-state index in [1.807, 2.05) is 13.0 Å². The topological polar surface area (TPSA) is 33.6 Å². The van der Waals surface area contributed by atoms with Gasteiger partial charge in [-0.05, 0) is 32.4 Å². The third-order valence-corrected chi connectivity index (χ3v) is 2.06. The predicted octanol–water partition coefficient (Wildman–Crippen LogP) is 1.36. The van der Waals surface area contributed by atoms with Gasteiger partial charge in [0.2, 0.25) is 0 Å². The highest BCUT2D eigenvalue weighted by Crippen LogP contribution is 2.09. The molecule has 0 bridgehead atoms. The van der Waals surface area contributed by atoms with Gasteiger partial charge in [-0.3, -0.25) is 4.99 Å². The second kappa shape index (κ2) is 5.75. The maximum absolute atomic E-state index is 5.70. The van der Waals surface area contributed by atoms with Crippen molar-refractivity contribution in [3.63, 3.8) is 0 Å². The van der Waals surface area contributed by atoms with E-state index in [1.165, 1.54) is 6.42 Å². The molecule has 0 spiro atoms. The summed E-state index contributed by atoms with van der Waals surface area (Å²) in [4.78, 5) is 3.87. The molecule has 0 radical (unpaired) electrons. The number of ether oxygens (including phenoxy) is 1. The van der Waals surface area contributed by atoms with Gasteiger partial charge >= 0.3 is 0 Å².